The number of halogens is 3. The molecule has 0 bridgehead atoms. The van der Waals surface area contributed by atoms with Gasteiger partial charge in [0.05, 0.1) is 5.41 Å². The highest BCUT2D eigenvalue weighted by molar-refractivity contribution is 4.70. The fraction of sp³-hybridized carbons (Fsp3) is 1.00. The van der Waals surface area contributed by atoms with Gasteiger partial charge in [0, 0.05) is 0 Å². The summed E-state index contributed by atoms with van der Waals surface area (Å²) >= 11 is 0. The Hall–Kier alpha value is -0.210. The van der Waals surface area contributed by atoms with Crippen LogP contribution in [0.15, 0.2) is 0 Å². The highest BCUT2D eigenvalue weighted by Crippen LogP contribution is 2.36. The van der Waals surface area contributed by atoms with Crippen LogP contribution in [0.3, 0.4) is 0 Å². The minimum atomic E-state index is -4.06. The van der Waals surface area contributed by atoms with Crippen molar-refractivity contribution in [2.75, 3.05) is 0 Å². The summed E-state index contributed by atoms with van der Waals surface area (Å²) < 4.78 is 34.7. The van der Waals surface area contributed by atoms with Crippen molar-refractivity contribution in [3.63, 3.8) is 0 Å². The van der Waals surface area contributed by atoms with Gasteiger partial charge in [-0.3, -0.25) is 0 Å². The lowest BCUT2D eigenvalue weighted by Gasteiger charge is -2.21. The molecule has 0 fully saturated rings. The van der Waals surface area contributed by atoms with Crippen LogP contribution in [0.2, 0.25) is 0 Å². The van der Waals surface area contributed by atoms with Crippen molar-refractivity contribution in [3.8, 4) is 0 Å². The molecule has 0 aromatic rings. The van der Waals surface area contributed by atoms with Gasteiger partial charge in [0.15, 0.2) is 0 Å². The van der Waals surface area contributed by atoms with E-state index >= 15 is 0 Å². The average molecular weight is 126 g/mol. The molecule has 0 nitrogen and oxygen atoms in total. The Labute approximate surface area is 46.7 Å². The first-order valence-electron chi connectivity index (χ1n) is 2.32. The fourth-order valence-electron chi connectivity index (χ4n) is 0. The predicted molar refractivity (Wildman–Crippen MR) is 25.5 cm³/mol. The first-order chi connectivity index (χ1) is 3.25. The van der Waals surface area contributed by atoms with E-state index in [0.717, 1.165) is 20.8 Å². The van der Waals surface area contributed by atoms with Gasteiger partial charge in [-0.25, -0.2) is 0 Å². The van der Waals surface area contributed by atoms with E-state index in [1.165, 1.54) is 0 Å². The third-order valence-corrected chi connectivity index (χ3v) is 0.850. The molecule has 0 aliphatic heterocycles. The largest absolute Gasteiger partial charge is 0.393 e. The van der Waals surface area contributed by atoms with Crippen LogP contribution in [0.4, 0.5) is 13.2 Å². The Balaban J connectivity index is 4.02. The molecule has 0 unspecified atom stereocenters. The minimum Gasteiger partial charge on any atom is -0.171 e. The summed E-state index contributed by atoms with van der Waals surface area (Å²) in [5, 5.41) is 0. The highest BCUT2D eigenvalue weighted by Gasteiger charge is 2.42. The van der Waals surface area contributed by atoms with Crippen molar-refractivity contribution in [1.82, 2.24) is 0 Å². The first-order valence-corrected chi connectivity index (χ1v) is 2.32. The van der Waals surface area contributed by atoms with Crippen LogP contribution < -0.4 is 0 Å². The highest BCUT2D eigenvalue weighted by atomic mass is 19.4. The number of rotatable bonds is 0. The summed E-state index contributed by atoms with van der Waals surface area (Å²) in [6, 6.07) is 0. The Kier molecular flexibility index (Phi) is 1.59. The maximum atomic E-state index is 11.6. The molecule has 0 amide bonds. The standard InChI is InChI=1S/C5H9F3/c1-4(2,3)5(6,7)8/h1-3H3. The van der Waals surface area contributed by atoms with Crippen molar-refractivity contribution in [1.29, 1.82) is 0 Å². The van der Waals surface area contributed by atoms with Gasteiger partial charge in [-0.05, 0) is 0 Å². The van der Waals surface area contributed by atoms with Crippen molar-refractivity contribution in [2.24, 2.45) is 5.41 Å². The molecule has 3 heteroatoms. The molecule has 0 aromatic heterocycles. The van der Waals surface area contributed by atoms with Crippen molar-refractivity contribution in [3.05, 3.63) is 0 Å². The van der Waals surface area contributed by atoms with Gasteiger partial charge in [-0.2, -0.15) is 13.2 Å². The smallest absolute Gasteiger partial charge is 0.171 e. The Morgan fingerprint density at radius 1 is 0.875 bits per heavy atom. The van der Waals surface area contributed by atoms with E-state index in [9.17, 15) is 13.2 Å². The molecule has 0 radical (unpaired) electrons. The maximum Gasteiger partial charge on any atom is 0.393 e. The molecule has 0 aliphatic carbocycles. The summed E-state index contributed by atoms with van der Waals surface area (Å²) in [6.07, 6.45) is -4.06. The van der Waals surface area contributed by atoms with Crippen LogP contribution in [0.1, 0.15) is 20.8 Å². The molecular formula is C5H9F3. The normalized spacial score (nSPS) is 14.2. The molecule has 0 heterocycles. The summed E-state index contributed by atoms with van der Waals surface area (Å²) in [5.74, 6) is 0. The molecule has 0 saturated heterocycles. The Bertz CT molecular complexity index is 62.7. The Morgan fingerprint density at radius 2 is 1.00 bits per heavy atom. The predicted octanol–water partition coefficient (Wildman–Crippen LogP) is 2.59. The lowest BCUT2D eigenvalue weighted by atomic mass is 9.96. The number of hydrogen-bond acceptors (Lipinski definition) is 0. The van der Waals surface area contributed by atoms with Crippen LogP contribution in [0.25, 0.3) is 0 Å². The van der Waals surface area contributed by atoms with Crippen LogP contribution in [0.5, 0.6) is 0 Å². The van der Waals surface area contributed by atoms with Gasteiger partial charge < -0.3 is 0 Å². The monoisotopic (exact) mass is 126 g/mol. The van der Waals surface area contributed by atoms with E-state index in [2.05, 4.69) is 0 Å². The van der Waals surface area contributed by atoms with Gasteiger partial charge in [0.2, 0.25) is 0 Å². The zero-order chi connectivity index (χ0) is 7.00. The molecule has 0 N–H and O–H groups in total. The van der Waals surface area contributed by atoms with Gasteiger partial charge in [0.1, 0.15) is 0 Å². The third kappa shape index (κ3) is 1.72. The van der Waals surface area contributed by atoms with Crippen molar-refractivity contribution < 1.29 is 13.2 Å². The molecule has 0 atom stereocenters. The zero-order valence-electron chi connectivity index (χ0n) is 5.13. The Morgan fingerprint density at radius 3 is 1.00 bits per heavy atom. The van der Waals surface area contributed by atoms with Crippen LogP contribution >= 0.6 is 0 Å². The molecule has 0 saturated carbocycles. The van der Waals surface area contributed by atoms with E-state index in [1.54, 1.807) is 0 Å². The molecule has 50 valence electrons. The van der Waals surface area contributed by atoms with Crippen molar-refractivity contribution >= 4 is 0 Å². The van der Waals surface area contributed by atoms with Crippen LogP contribution in [-0.4, -0.2) is 6.18 Å². The summed E-state index contributed by atoms with van der Waals surface area (Å²) in [4.78, 5) is 0. The maximum absolute atomic E-state index is 11.6. The van der Waals surface area contributed by atoms with E-state index < -0.39 is 11.6 Å². The molecule has 0 rings (SSSR count). The summed E-state index contributed by atoms with van der Waals surface area (Å²) in [6.45, 7) is 3.44. The van der Waals surface area contributed by atoms with Crippen LogP contribution in [-0.2, 0) is 0 Å². The molecular weight excluding hydrogens is 117 g/mol. The molecule has 8 heavy (non-hydrogen) atoms. The van der Waals surface area contributed by atoms with Gasteiger partial charge in [-0.15, -0.1) is 0 Å². The van der Waals surface area contributed by atoms with Gasteiger partial charge in [0.25, 0.3) is 0 Å². The zero-order valence-corrected chi connectivity index (χ0v) is 5.13. The second-order valence-electron chi connectivity index (χ2n) is 2.75. The number of hydrogen-bond donors (Lipinski definition) is 0. The average Bonchev–Trinajstić information content (AvgIpc) is 1.25. The minimum absolute atomic E-state index is 1.15. The van der Waals surface area contributed by atoms with Gasteiger partial charge in [-0.1, -0.05) is 20.8 Å². The molecule has 0 spiro atoms. The van der Waals surface area contributed by atoms with Gasteiger partial charge >= 0.3 is 6.18 Å². The second kappa shape index (κ2) is 1.64. The van der Waals surface area contributed by atoms with Crippen molar-refractivity contribution in [2.45, 2.75) is 26.9 Å². The third-order valence-electron chi connectivity index (χ3n) is 0.850. The second-order valence-corrected chi connectivity index (χ2v) is 2.75. The summed E-state index contributed by atoms with van der Waals surface area (Å²) in [7, 11) is 0. The lowest BCUT2D eigenvalue weighted by molar-refractivity contribution is -0.204. The summed E-state index contributed by atoms with van der Waals surface area (Å²) in [5.41, 5.74) is -1.56. The van der Waals surface area contributed by atoms with E-state index in [1.807, 2.05) is 0 Å². The lowest BCUT2D eigenvalue weighted by Crippen LogP contribution is -2.28. The van der Waals surface area contributed by atoms with E-state index in [0.29, 0.717) is 0 Å². The number of alkyl halides is 3. The molecule has 0 aliphatic rings. The topological polar surface area (TPSA) is 0 Å². The molecule has 0 aromatic carbocycles. The van der Waals surface area contributed by atoms with E-state index in [-0.39, 0.29) is 0 Å². The first kappa shape index (κ1) is 7.79. The van der Waals surface area contributed by atoms with E-state index in [4.69, 9.17) is 0 Å². The SMILES string of the molecule is CC(C)(C)C(F)(F)F. The van der Waals surface area contributed by atoms with Crippen LogP contribution in [0, 0.1) is 5.41 Å². The quantitative estimate of drug-likeness (QED) is 0.468. The fourth-order valence-corrected chi connectivity index (χ4v) is 0.